The Morgan fingerprint density at radius 1 is 1.10 bits per heavy atom. The van der Waals surface area contributed by atoms with Crippen molar-refractivity contribution in [1.82, 2.24) is 15.1 Å². The van der Waals surface area contributed by atoms with Crippen molar-refractivity contribution in [3.05, 3.63) is 71.4 Å². The van der Waals surface area contributed by atoms with Gasteiger partial charge in [-0.2, -0.15) is 5.10 Å². The molecule has 0 aliphatic carbocycles. The lowest BCUT2D eigenvalue weighted by Crippen LogP contribution is -2.29. The molecule has 1 atom stereocenters. The Kier molecular flexibility index (Phi) is 5.03. The summed E-state index contributed by atoms with van der Waals surface area (Å²) >= 11 is 0. The lowest BCUT2D eigenvalue weighted by atomic mass is 9.98. The number of carboxylic acid groups (broad SMARTS) is 1. The second kappa shape index (κ2) is 7.79. The molecule has 1 saturated heterocycles. The third kappa shape index (κ3) is 4.13. The molecular weight excluding hydrogens is 370 g/mol. The molecule has 0 bridgehead atoms. The molecule has 1 fully saturated rings. The van der Waals surface area contributed by atoms with E-state index in [4.69, 9.17) is 5.11 Å². The largest absolute Gasteiger partial charge is 0.508 e. The van der Waals surface area contributed by atoms with Gasteiger partial charge < -0.3 is 15.1 Å². The van der Waals surface area contributed by atoms with Crippen molar-refractivity contribution in [2.45, 2.75) is 12.8 Å². The second-order valence-corrected chi connectivity index (χ2v) is 7.33. The lowest BCUT2D eigenvalue weighted by molar-refractivity contribution is 0.0696. The van der Waals surface area contributed by atoms with Crippen LogP contribution in [0, 0.1) is 5.92 Å². The van der Waals surface area contributed by atoms with E-state index >= 15 is 0 Å². The Morgan fingerprint density at radius 3 is 2.52 bits per heavy atom. The van der Waals surface area contributed by atoms with Crippen molar-refractivity contribution in [3.63, 3.8) is 0 Å². The van der Waals surface area contributed by atoms with Gasteiger partial charge in [0.1, 0.15) is 11.4 Å². The predicted octanol–water partition coefficient (Wildman–Crippen LogP) is 3.19. The van der Waals surface area contributed by atoms with E-state index in [0.717, 1.165) is 24.0 Å². The van der Waals surface area contributed by atoms with Gasteiger partial charge in [0.15, 0.2) is 0 Å². The van der Waals surface area contributed by atoms with Crippen LogP contribution in [0.1, 0.15) is 32.8 Å². The van der Waals surface area contributed by atoms with E-state index in [1.807, 2.05) is 17.0 Å². The number of hydrogen-bond acceptors (Lipinski definition) is 4. The number of carboxylic acids is 1. The lowest BCUT2D eigenvalue weighted by Gasteiger charge is -2.15. The van der Waals surface area contributed by atoms with Crippen molar-refractivity contribution in [3.8, 4) is 17.0 Å². The number of aromatic nitrogens is 2. The summed E-state index contributed by atoms with van der Waals surface area (Å²) < 4.78 is 0. The zero-order valence-electron chi connectivity index (χ0n) is 15.7. The maximum Gasteiger partial charge on any atom is 0.335 e. The van der Waals surface area contributed by atoms with Crippen molar-refractivity contribution < 1.29 is 19.8 Å². The summed E-state index contributed by atoms with van der Waals surface area (Å²) in [7, 11) is 0. The van der Waals surface area contributed by atoms with E-state index in [9.17, 15) is 14.7 Å². The Morgan fingerprint density at radius 2 is 1.83 bits per heavy atom. The number of nitrogens with zero attached hydrogens (tertiary/aromatic N) is 2. The van der Waals surface area contributed by atoms with Crippen LogP contribution in [-0.2, 0) is 6.42 Å². The van der Waals surface area contributed by atoms with Crippen LogP contribution >= 0.6 is 0 Å². The number of amides is 1. The molecule has 1 aliphatic heterocycles. The van der Waals surface area contributed by atoms with Gasteiger partial charge in [-0.05, 0) is 66.8 Å². The van der Waals surface area contributed by atoms with Gasteiger partial charge in [0.25, 0.3) is 5.91 Å². The number of likely N-dealkylation sites (tertiary alicyclic amines) is 1. The minimum atomic E-state index is -0.930. The zero-order valence-corrected chi connectivity index (χ0v) is 15.7. The van der Waals surface area contributed by atoms with Gasteiger partial charge in [0.05, 0.1) is 11.3 Å². The average Bonchev–Trinajstić information content (AvgIpc) is 3.38. The van der Waals surface area contributed by atoms with Crippen LogP contribution in [0.5, 0.6) is 5.75 Å². The summed E-state index contributed by atoms with van der Waals surface area (Å²) in [6.45, 7) is 1.34. The molecule has 148 valence electrons. The number of rotatable bonds is 5. The summed E-state index contributed by atoms with van der Waals surface area (Å²) in [5, 5.41) is 25.4. The normalized spacial score (nSPS) is 16.1. The maximum absolute atomic E-state index is 12.8. The number of hydrogen-bond donors (Lipinski definition) is 3. The van der Waals surface area contributed by atoms with Crippen molar-refractivity contribution in [2.24, 2.45) is 5.92 Å². The van der Waals surface area contributed by atoms with Crippen LogP contribution in [0.2, 0.25) is 0 Å². The average molecular weight is 391 g/mol. The van der Waals surface area contributed by atoms with E-state index in [1.165, 1.54) is 0 Å². The predicted molar refractivity (Wildman–Crippen MR) is 107 cm³/mol. The monoisotopic (exact) mass is 391 g/mol. The molecule has 2 heterocycles. The number of aromatic carboxylic acids is 1. The van der Waals surface area contributed by atoms with E-state index in [2.05, 4.69) is 10.2 Å². The number of nitrogens with one attached hydrogen (secondary N) is 1. The zero-order chi connectivity index (χ0) is 20.4. The first-order valence-electron chi connectivity index (χ1n) is 9.46. The van der Waals surface area contributed by atoms with Crippen molar-refractivity contribution in [2.75, 3.05) is 13.1 Å². The number of H-pyrrole nitrogens is 1. The van der Waals surface area contributed by atoms with E-state index in [0.29, 0.717) is 30.4 Å². The third-order valence-electron chi connectivity index (χ3n) is 5.27. The highest BCUT2D eigenvalue weighted by atomic mass is 16.4. The molecule has 3 N–H and O–H groups in total. The van der Waals surface area contributed by atoms with Gasteiger partial charge in [-0.3, -0.25) is 9.89 Å². The van der Waals surface area contributed by atoms with Crippen molar-refractivity contribution >= 4 is 11.9 Å². The molecule has 29 heavy (non-hydrogen) atoms. The van der Waals surface area contributed by atoms with Gasteiger partial charge in [-0.1, -0.05) is 12.1 Å². The summed E-state index contributed by atoms with van der Waals surface area (Å²) in [6, 6.07) is 15.3. The minimum Gasteiger partial charge on any atom is -0.508 e. The van der Waals surface area contributed by atoms with Gasteiger partial charge in [0, 0.05) is 18.7 Å². The maximum atomic E-state index is 12.8. The first-order valence-corrected chi connectivity index (χ1v) is 9.46. The highest BCUT2D eigenvalue weighted by molar-refractivity contribution is 5.93. The molecule has 4 rings (SSSR count). The van der Waals surface area contributed by atoms with E-state index in [1.54, 1.807) is 42.5 Å². The molecule has 1 aromatic heterocycles. The van der Waals surface area contributed by atoms with Gasteiger partial charge in [-0.15, -0.1) is 0 Å². The molecule has 1 aliphatic rings. The number of carbonyl (C=O) groups excluding carboxylic acids is 1. The number of carbonyl (C=O) groups is 2. The summed E-state index contributed by atoms with van der Waals surface area (Å²) in [4.78, 5) is 25.6. The molecule has 0 spiro atoms. The van der Waals surface area contributed by atoms with Crippen molar-refractivity contribution in [1.29, 1.82) is 0 Å². The fourth-order valence-electron chi connectivity index (χ4n) is 3.68. The van der Waals surface area contributed by atoms with Crippen LogP contribution in [0.15, 0.2) is 54.6 Å². The van der Waals surface area contributed by atoms with Crippen LogP contribution in [0.3, 0.4) is 0 Å². The minimum absolute atomic E-state index is 0.0775. The van der Waals surface area contributed by atoms with Gasteiger partial charge in [0.2, 0.25) is 0 Å². The molecule has 2 aromatic carbocycles. The van der Waals surface area contributed by atoms with E-state index in [-0.39, 0.29) is 17.2 Å². The Hall–Kier alpha value is -3.61. The fraction of sp³-hybridized carbons (Fsp3) is 0.227. The summed E-state index contributed by atoms with van der Waals surface area (Å²) in [5.41, 5.74) is 3.27. The topological polar surface area (TPSA) is 107 Å². The summed E-state index contributed by atoms with van der Waals surface area (Å²) in [6.07, 6.45) is 1.72. The number of aromatic amines is 1. The highest BCUT2D eigenvalue weighted by Crippen LogP contribution is 2.24. The smallest absolute Gasteiger partial charge is 0.335 e. The first kappa shape index (κ1) is 18.7. The number of phenols is 1. The molecule has 7 heteroatoms. The summed E-state index contributed by atoms with van der Waals surface area (Å²) in [5.74, 6) is -0.484. The molecule has 7 nitrogen and oxygen atoms in total. The Balaban J connectivity index is 1.38. The SMILES string of the molecule is O=C(O)c1ccc(C[C@@H]2CCN(C(=O)c3cc(-c4ccc(O)cc4)n[nH]3)C2)cc1. The Labute approximate surface area is 167 Å². The number of aromatic hydroxyl groups is 1. The standard InChI is InChI=1S/C22H21N3O4/c26-18-7-5-16(6-8-18)19-12-20(24-23-19)21(27)25-10-9-15(13-25)11-14-1-3-17(4-2-14)22(28)29/h1-8,12,15,26H,9-11,13H2,(H,23,24)(H,28,29)/t15-/m0/s1. The molecule has 1 amide bonds. The number of benzene rings is 2. The van der Waals surface area contributed by atoms with Crippen LogP contribution < -0.4 is 0 Å². The fourth-order valence-corrected chi connectivity index (χ4v) is 3.68. The molecule has 0 unspecified atom stereocenters. The van der Waals surface area contributed by atoms with Crippen LogP contribution in [0.25, 0.3) is 11.3 Å². The van der Waals surface area contributed by atoms with Gasteiger partial charge >= 0.3 is 5.97 Å². The van der Waals surface area contributed by atoms with Crippen LogP contribution in [0.4, 0.5) is 0 Å². The Bertz CT molecular complexity index is 1020. The first-order chi connectivity index (χ1) is 14.0. The highest BCUT2D eigenvalue weighted by Gasteiger charge is 2.28. The molecule has 3 aromatic rings. The second-order valence-electron chi connectivity index (χ2n) is 7.33. The van der Waals surface area contributed by atoms with E-state index < -0.39 is 5.97 Å². The molecule has 0 radical (unpaired) electrons. The molecular formula is C22H21N3O4. The third-order valence-corrected chi connectivity index (χ3v) is 5.27. The van der Waals surface area contributed by atoms with Crippen LogP contribution in [-0.4, -0.2) is 50.3 Å². The molecule has 0 saturated carbocycles. The van der Waals surface area contributed by atoms with Gasteiger partial charge in [-0.25, -0.2) is 4.79 Å². The quantitative estimate of drug-likeness (QED) is 0.619. The number of phenolic OH excluding ortho intramolecular Hbond substituents is 1.